The average molecular weight is 512 g/mol. The van der Waals surface area contributed by atoms with E-state index in [4.69, 9.17) is 14.2 Å². The Morgan fingerprint density at radius 1 is 0.889 bits per heavy atom. The molecule has 0 aromatic heterocycles. The fourth-order valence-electron chi connectivity index (χ4n) is 3.34. The summed E-state index contributed by atoms with van der Waals surface area (Å²) in [6.45, 7) is 3.04. The molecule has 0 radical (unpaired) electrons. The van der Waals surface area contributed by atoms with Crippen molar-refractivity contribution in [3.63, 3.8) is 0 Å². The summed E-state index contributed by atoms with van der Waals surface area (Å²) in [6, 6.07) is 18.3. The molecule has 0 saturated heterocycles. The van der Waals surface area contributed by atoms with Gasteiger partial charge >= 0.3 is 0 Å². The summed E-state index contributed by atoms with van der Waals surface area (Å²) in [7, 11) is 0.313. The SMILES string of the molecule is COc1ccc(/C(C)=N\NC(=O)CN(c2cc(OC)ccc2OC)S(=O)(=O)c2ccc(C)cc2)cc1. The molecule has 0 heterocycles. The Morgan fingerprint density at radius 2 is 1.50 bits per heavy atom. The third kappa shape index (κ3) is 6.14. The Balaban J connectivity index is 1.95. The standard InChI is InChI=1S/C26H29N3O6S/c1-18-6-13-23(14-7-18)36(31,32)29(24-16-22(34-4)12-15-25(24)35-5)17-26(30)28-27-19(2)20-8-10-21(33-3)11-9-20/h6-16H,17H2,1-5H3,(H,28,30)/b27-19-. The van der Waals surface area contributed by atoms with E-state index in [0.717, 1.165) is 15.4 Å². The number of sulfonamides is 1. The van der Waals surface area contributed by atoms with Gasteiger partial charge in [-0.3, -0.25) is 9.10 Å². The van der Waals surface area contributed by atoms with E-state index < -0.39 is 22.5 Å². The number of carbonyl (C=O) groups is 1. The van der Waals surface area contributed by atoms with Crippen LogP contribution >= 0.6 is 0 Å². The topological polar surface area (TPSA) is 107 Å². The molecule has 0 atom stereocenters. The quantitative estimate of drug-likeness (QED) is 0.328. The summed E-state index contributed by atoms with van der Waals surface area (Å²) in [5.74, 6) is 0.726. The van der Waals surface area contributed by atoms with E-state index in [1.165, 1.54) is 32.4 Å². The van der Waals surface area contributed by atoms with E-state index in [0.29, 0.717) is 17.2 Å². The first kappa shape index (κ1) is 26.6. The zero-order chi connectivity index (χ0) is 26.3. The summed E-state index contributed by atoms with van der Waals surface area (Å²) >= 11 is 0. The van der Waals surface area contributed by atoms with Crippen molar-refractivity contribution in [3.05, 3.63) is 77.9 Å². The molecule has 0 aliphatic rings. The van der Waals surface area contributed by atoms with Gasteiger partial charge in [-0.1, -0.05) is 17.7 Å². The number of aryl methyl sites for hydroxylation is 1. The van der Waals surface area contributed by atoms with E-state index in [1.807, 2.05) is 6.92 Å². The minimum absolute atomic E-state index is 0.0312. The van der Waals surface area contributed by atoms with E-state index in [9.17, 15) is 13.2 Å². The van der Waals surface area contributed by atoms with Crippen LogP contribution in [-0.4, -0.2) is 47.9 Å². The van der Waals surface area contributed by atoms with Crippen molar-refractivity contribution < 1.29 is 27.4 Å². The molecule has 0 bridgehead atoms. The number of benzene rings is 3. The zero-order valence-corrected chi connectivity index (χ0v) is 21.6. The maximum atomic E-state index is 13.7. The predicted molar refractivity (Wildman–Crippen MR) is 139 cm³/mol. The van der Waals surface area contributed by atoms with Crippen molar-refractivity contribution in [2.45, 2.75) is 18.7 Å². The molecule has 0 unspecified atom stereocenters. The molecule has 1 N–H and O–H groups in total. The molecule has 3 aromatic rings. The largest absolute Gasteiger partial charge is 0.497 e. The van der Waals surface area contributed by atoms with Crippen LogP contribution < -0.4 is 23.9 Å². The van der Waals surface area contributed by atoms with Crippen LogP contribution in [0.25, 0.3) is 0 Å². The number of amides is 1. The first-order valence-electron chi connectivity index (χ1n) is 11.0. The van der Waals surface area contributed by atoms with Crippen LogP contribution in [0.4, 0.5) is 5.69 Å². The Morgan fingerprint density at radius 3 is 2.08 bits per heavy atom. The summed E-state index contributed by atoms with van der Waals surface area (Å²) in [4.78, 5) is 13.0. The molecule has 10 heteroatoms. The molecular weight excluding hydrogens is 482 g/mol. The van der Waals surface area contributed by atoms with Crippen molar-refractivity contribution in [1.29, 1.82) is 0 Å². The predicted octanol–water partition coefficient (Wildman–Crippen LogP) is 3.76. The van der Waals surface area contributed by atoms with Crippen LogP contribution in [0.5, 0.6) is 17.2 Å². The van der Waals surface area contributed by atoms with Crippen molar-refractivity contribution >= 4 is 27.3 Å². The maximum Gasteiger partial charge on any atom is 0.264 e. The number of nitrogens with zero attached hydrogens (tertiary/aromatic N) is 2. The van der Waals surface area contributed by atoms with Gasteiger partial charge in [0.2, 0.25) is 0 Å². The van der Waals surface area contributed by atoms with Gasteiger partial charge in [-0.05, 0) is 67.9 Å². The van der Waals surface area contributed by atoms with Gasteiger partial charge < -0.3 is 14.2 Å². The van der Waals surface area contributed by atoms with Gasteiger partial charge in [0.05, 0.1) is 37.6 Å². The highest BCUT2D eigenvalue weighted by atomic mass is 32.2. The zero-order valence-electron chi connectivity index (χ0n) is 20.8. The Labute approximate surface area is 211 Å². The fourth-order valence-corrected chi connectivity index (χ4v) is 4.76. The van der Waals surface area contributed by atoms with Crippen LogP contribution in [0.15, 0.2) is 76.7 Å². The van der Waals surface area contributed by atoms with Gasteiger partial charge in [0.1, 0.15) is 23.8 Å². The summed E-state index contributed by atoms with van der Waals surface area (Å²) in [6.07, 6.45) is 0. The normalized spacial score (nSPS) is 11.5. The molecule has 0 fully saturated rings. The van der Waals surface area contributed by atoms with Gasteiger partial charge in [0, 0.05) is 6.07 Å². The Kier molecular flexibility index (Phi) is 8.55. The van der Waals surface area contributed by atoms with E-state index >= 15 is 0 Å². The minimum atomic E-state index is -4.15. The second-order valence-corrected chi connectivity index (χ2v) is 9.69. The first-order valence-corrected chi connectivity index (χ1v) is 12.4. The number of methoxy groups -OCH3 is 3. The van der Waals surface area contributed by atoms with Crippen LogP contribution in [-0.2, 0) is 14.8 Å². The van der Waals surface area contributed by atoms with Gasteiger partial charge in [0.15, 0.2) is 0 Å². The molecule has 0 aliphatic carbocycles. The molecule has 0 aliphatic heterocycles. The van der Waals surface area contributed by atoms with Gasteiger partial charge in [-0.15, -0.1) is 0 Å². The third-order valence-electron chi connectivity index (χ3n) is 5.41. The number of hydrogen-bond acceptors (Lipinski definition) is 7. The molecule has 0 saturated carbocycles. The van der Waals surface area contributed by atoms with Crippen molar-refractivity contribution in [2.75, 3.05) is 32.2 Å². The summed E-state index contributed by atoms with van der Waals surface area (Å²) in [5, 5.41) is 4.14. The number of anilines is 1. The van der Waals surface area contributed by atoms with Crippen molar-refractivity contribution in [2.24, 2.45) is 5.10 Å². The molecule has 3 rings (SSSR count). The molecule has 1 amide bonds. The fraction of sp³-hybridized carbons (Fsp3) is 0.231. The van der Waals surface area contributed by atoms with E-state index in [1.54, 1.807) is 62.6 Å². The van der Waals surface area contributed by atoms with Crippen LogP contribution in [0.2, 0.25) is 0 Å². The molecular formula is C26H29N3O6S. The highest BCUT2D eigenvalue weighted by Crippen LogP contribution is 2.35. The summed E-state index contributed by atoms with van der Waals surface area (Å²) in [5.41, 5.74) is 4.82. The number of hydrazone groups is 1. The molecule has 3 aromatic carbocycles. The second kappa shape index (κ2) is 11.6. The van der Waals surface area contributed by atoms with E-state index in [-0.39, 0.29) is 16.3 Å². The molecule has 36 heavy (non-hydrogen) atoms. The van der Waals surface area contributed by atoms with Crippen LogP contribution in [0, 0.1) is 6.92 Å². The monoisotopic (exact) mass is 511 g/mol. The van der Waals surface area contributed by atoms with Crippen molar-refractivity contribution in [1.82, 2.24) is 5.43 Å². The Hall–Kier alpha value is -4.05. The van der Waals surface area contributed by atoms with E-state index in [2.05, 4.69) is 10.5 Å². The lowest BCUT2D eigenvalue weighted by Gasteiger charge is -2.25. The number of rotatable bonds is 10. The first-order chi connectivity index (χ1) is 17.2. The highest BCUT2D eigenvalue weighted by Gasteiger charge is 2.30. The molecule has 0 spiro atoms. The van der Waals surface area contributed by atoms with Gasteiger partial charge in [0.25, 0.3) is 15.9 Å². The van der Waals surface area contributed by atoms with Crippen LogP contribution in [0.3, 0.4) is 0 Å². The average Bonchev–Trinajstić information content (AvgIpc) is 2.90. The number of carbonyl (C=O) groups excluding carboxylic acids is 1. The second-order valence-electron chi connectivity index (χ2n) is 7.82. The third-order valence-corrected chi connectivity index (χ3v) is 7.18. The lowest BCUT2D eigenvalue weighted by molar-refractivity contribution is -0.119. The molecule has 190 valence electrons. The van der Waals surface area contributed by atoms with Gasteiger partial charge in [-0.25, -0.2) is 13.8 Å². The number of nitrogens with one attached hydrogen (secondary N) is 1. The van der Waals surface area contributed by atoms with Crippen LogP contribution in [0.1, 0.15) is 18.1 Å². The smallest absolute Gasteiger partial charge is 0.264 e. The highest BCUT2D eigenvalue weighted by molar-refractivity contribution is 7.92. The van der Waals surface area contributed by atoms with Gasteiger partial charge in [-0.2, -0.15) is 5.10 Å². The summed E-state index contributed by atoms with van der Waals surface area (Å²) < 4.78 is 44.2. The molecule has 9 nitrogen and oxygen atoms in total. The lowest BCUT2D eigenvalue weighted by Crippen LogP contribution is -2.40. The van der Waals surface area contributed by atoms with Crippen molar-refractivity contribution in [3.8, 4) is 17.2 Å². The number of ether oxygens (including phenoxy) is 3. The maximum absolute atomic E-state index is 13.7. The lowest BCUT2D eigenvalue weighted by atomic mass is 10.1. The minimum Gasteiger partial charge on any atom is -0.497 e. The number of hydrogen-bond donors (Lipinski definition) is 1. The Bertz CT molecular complexity index is 1340.